The summed E-state index contributed by atoms with van der Waals surface area (Å²) in [4.78, 5) is 11.6. The highest BCUT2D eigenvalue weighted by molar-refractivity contribution is 5.71. The number of benzene rings is 2. The molecule has 0 spiro atoms. The molecular weight excluding hydrogens is 260 g/mol. The average Bonchev–Trinajstić information content (AvgIpc) is 2.53. The Kier molecular flexibility index (Phi) is 3.78. The molecule has 108 valence electrons. The number of carboxylic acid groups (broad SMARTS) is 1. The van der Waals surface area contributed by atoms with Crippen LogP contribution in [-0.4, -0.2) is 11.1 Å². The number of carboxylic acids is 1. The number of carbonyl (C=O) groups is 1. The van der Waals surface area contributed by atoms with Gasteiger partial charge in [-0.05, 0) is 35.4 Å². The van der Waals surface area contributed by atoms with Crippen LogP contribution >= 0.6 is 0 Å². The third kappa shape index (κ3) is 2.58. The van der Waals surface area contributed by atoms with Gasteiger partial charge in [0.1, 0.15) is 0 Å². The second-order valence-electron chi connectivity index (χ2n) is 5.91. The third-order valence-electron chi connectivity index (χ3n) is 4.73. The van der Waals surface area contributed by atoms with E-state index in [-0.39, 0.29) is 17.8 Å². The Bertz CT molecular complexity index is 633. The first-order valence-corrected chi connectivity index (χ1v) is 7.54. The van der Waals surface area contributed by atoms with Crippen LogP contribution in [0.3, 0.4) is 0 Å². The second kappa shape index (κ2) is 5.72. The van der Waals surface area contributed by atoms with Crippen molar-refractivity contribution in [2.45, 2.75) is 31.6 Å². The van der Waals surface area contributed by atoms with E-state index in [1.165, 1.54) is 16.7 Å². The molecule has 1 aliphatic carbocycles. The van der Waals surface area contributed by atoms with Crippen LogP contribution in [-0.2, 0) is 11.2 Å². The van der Waals surface area contributed by atoms with Gasteiger partial charge in [0.15, 0.2) is 0 Å². The van der Waals surface area contributed by atoms with Crippen molar-refractivity contribution in [3.8, 4) is 0 Å². The van der Waals surface area contributed by atoms with E-state index in [0.717, 1.165) is 12.8 Å². The zero-order valence-electron chi connectivity index (χ0n) is 12.2. The molecule has 0 unspecified atom stereocenters. The minimum absolute atomic E-state index is 0.0508. The van der Waals surface area contributed by atoms with Crippen LogP contribution in [0.2, 0.25) is 0 Å². The van der Waals surface area contributed by atoms with Crippen molar-refractivity contribution in [3.05, 3.63) is 71.3 Å². The SMILES string of the molecule is C[C@@H](C(=O)O)[C@H]1c2ccccc2CC[C@@H]1c1ccccc1. The monoisotopic (exact) mass is 280 g/mol. The summed E-state index contributed by atoms with van der Waals surface area (Å²) in [6, 6.07) is 18.7. The van der Waals surface area contributed by atoms with Gasteiger partial charge in [-0.1, -0.05) is 61.5 Å². The molecule has 0 bridgehead atoms. The molecule has 2 aromatic rings. The molecule has 0 aromatic heterocycles. The predicted octanol–water partition coefficient (Wildman–Crippen LogP) is 4.22. The summed E-state index contributed by atoms with van der Waals surface area (Å²) in [5.74, 6) is -0.753. The molecule has 3 rings (SSSR count). The summed E-state index contributed by atoms with van der Waals surface area (Å²) in [6.07, 6.45) is 2.04. The van der Waals surface area contributed by atoms with Gasteiger partial charge in [0.05, 0.1) is 5.92 Å². The van der Waals surface area contributed by atoms with E-state index in [4.69, 9.17) is 0 Å². The van der Waals surface area contributed by atoms with Gasteiger partial charge in [-0.2, -0.15) is 0 Å². The summed E-state index contributed by atoms with van der Waals surface area (Å²) in [5.41, 5.74) is 3.78. The first-order chi connectivity index (χ1) is 10.2. The van der Waals surface area contributed by atoms with Crippen LogP contribution in [0.4, 0.5) is 0 Å². The number of aryl methyl sites for hydroxylation is 1. The van der Waals surface area contributed by atoms with Gasteiger partial charge in [-0.3, -0.25) is 4.79 Å². The molecule has 0 fully saturated rings. The largest absolute Gasteiger partial charge is 0.481 e. The molecule has 1 aliphatic rings. The van der Waals surface area contributed by atoms with Crippen LogP contribution < -0.4 is 0 Å². The zero-order valence-corrected chi connectivity index (χ0v) is 12.2. The van der Waals surface area contributed by atoms with Gasteiger partial charge in [-0.25, -0.2) is 0 Å². The molecule has 2 aromatic carbocycles. The molecule has 0 radical (unpaired) electrons. The van der Waals surface area contributed by atoms with Crippen molar-refractivity contribution in [2.24, 2.45) is 5.92 Å². The van der Waals surface area contributed by atoms with E-state index in [1.54, 1.807) is 0 Å². The van der Waals surface area contributed by atoms with Crippen molar-refractivity contribution >= 4 is 5.97 Å². The standard InChI is InChI=1S/C19H20O2/c1-13(19(20)21)18-16-10-6-5-9-15(16)11-12-17(18)14-7-3-2-4-8-14/h2-10,13,17-18H,11-12H2,1H3,(H,20,21)/t13-,17-,18+/m1/s1. The number of hydrogen-bond donors (Lipinski definition) is 1. The van der Waals surface area contributed by atoms with Crippen LogP contribution in [0, 0.1) is 5.92 Å². The Morgan fingerprint density at radius 1 is 1.10 bits per heavy atom. The Morgan fingerprint density at radius 3 is 2.48 bits per heavy atom. The molecular formula is C19H20O2. The predicted molar refractivity (Wildman–Crippen MR) is 83.5 cm³/mol. The summed E-state index contributed by atoms with van der Waals surface area (Å²) < 4.78 is 0. The Labute approximate surface area is 125 Å². The fourth-order valence-electron chi connectivity index (χ4n) is 3.64. The Morgan fingerprint density at radius 2 is 1.76 bits per heavy atom. The van der Waals surface area contributed by atoms with Gasteiger partial charge in [0.2, 0.25) is 0 Å². The number of hydrogen-bond acceptors (Lipinski definition) is 1. The van der Waals surface area contributed by atoms with Crippen LogP contribution in [0.1, 0.15) is 41.9 Å². The minimum atomic E-state index is -0.711. The van der Waals surface area contributed by atoms with Gasteiger partial charge in [0, 0.05) is 5.92 Å². The summed E-state index contributed by atoms with van der Waals surface area (Å²) in [5, 5.41) is 9.52. The molecule has 0 amide bonds. The lowest BCUT2D eigenvalue weighted by Gasteiger charge is -2.36. The van der Waals surface area contributed by atoms with Crippen molar-refractivity contribution in [1.29, 1.82) is 0 Å². The molecule has 0 aliphatic heterocycles. The van der Waals surface area contributed by atoms with Gasteiger partial charge >= 0.3 is 5.97 Å². The van der Waals surface area contributed by atoms with E-state index in [9.17, 15) is 9.90 Å². The summed E-state index contributed by atoms with van der Waals surface area (Å²) in [7, 11) is 0. The highest BCUT2D eigenvalue weighted by Crippen LogP contribution is 2.46. The van der Waals surface area contributed by atoms with E-state index in [0.29, 0.717) is 0 Å². The smallest absolute Gasteiger partial charge is 0.306 e. The highest BCUT2D eigenvalue weighted by Gasteiger charge is 2.36. The third-order valence-corrected chi connectivity index (χ3v) is 4.73. The Balaban J connectivity index is 2.07. The topological polar surface area (TPSA) is 37.3 Å². The lowest BCUT2D eigenvalue weighted by molar-refractivity contribution is -0.142. The lowest BCUT2D eigenvalue weighted by atomic mass is 9.67. The van der Waals surface area contributed by atoms with Gasteiger partial charge < -0.3 is 5.11 Å². The quantitative estimate of drug-likeness (QED) is 0.914. The molecule has 1 N–H and O–H groups in total. The normalized spacial score (nSPS) is 22.3. The van der Waals surface area contributed by atoms with Crippen molar-refractivity contribution in [1.82, 2.24) is 0 Å². The molecule has 3 atom stereocenters. The average molecular weight is 280 g/mol. The maximum absolute atomic E-state index is 11.6. The fourth-order valence-corrected chi connectivity index (χ4v) is 3.64. The van der Waals surface area contributed by atoms with E-state index in [1.807, 2.05) is 37.3 Å². The molecule has 2 heteroatoms. The first kappa shape index (κ1) is 13.9. The second-order valence-corrected chi connectivity index (χ2v) is 5.91. The molecule has 2 nitrogen and oxygen atoms in total. The maximum Gasteiger partial charge on any atom is 0.306 e. The van der Waals surface area contributed by atoms with Crippen LogP contribution in [0.5, 0.6) is 0 Å². The van der Waals surface area contributed by atoms with Gasteiger partial charge in [-0.15, -0.1) is 0 Å². The van der Waals surface area contributed by atoms with Crippen molar-refractivity contribution < 1.29 is 9.90 Å². The van der Waals surface area contributed by atoms with Crippen molar-refractivity contribution in [2.75, 3.05) is 0 Å². The molecule has 0 saturated carbocycles. The highest BCUT2D eigenvalue weighted by atomic mass is 16.4. The zero-order chi connectivity index (χ0) is 14.8. The number of rotatable bonds is 3. The van der Waals surface area contributed by atoms with Crippen molar-refractivity contribution in [3.63, 3.8) is 0 Å². The van der Waals surface area contributed by atoms with E-state index < -0.39 is 5.97 Å². The maximum atomic E-state index is 11.6. The lowest BCUT2D eigenvalue weighted by Crippen LogP contribution is -2.28. The fraction of sp³-hybridized carbons (Fsp3) is 0.316. The van der Waals surface area contributed by atoms with Crippen LogP contribution in [0.25, 0.3) is 0 Å². The first-order valence-electron chi connectivity index (χ1n) is 7.54. The minimum Gasteiger partial charge on any atom is -0.481 e. The molecule has 0 heterocycles. The van der Waals surface area contributed by atoms with Crippen LogP contribution in [0.15, 0.2) is 54.6 Å². The summed E-state index contributed by atoms with van der Waals surface area (Å²) >= 11 is 0. The molecule has 21 heavy (non-hydrogen) atoms. The Hall–Kier alpha value is -2.09. The molecule has 0 saturated heterocycles. The van der Waals surface area contributed by atoms with E-state index in [2.05, 4.69) is 24.3 Å². The summed E-state index contributed by atoms with van der Waals surface area (Å²) in [6.45, 7) is 1.84. The van der Waals surface area contributed by atoms with Gasteiger partial charge in [0.25, 0.3) is 0 Å². The number of fused-ring (bicyclic) bond motifs is 1. The van der Waals surface area contributed by atoms with E-state index >= 15 is 0 Å². The number of aliphatic carboxylic acids is 1.